The normalized spacial score (nSPS) is 11.6. The first-order valence-corrected chi connectivity index (χ1v) is 6.77. The molecule has 0 aromatic carbocycles. The molecule has 0 rings (SSSR count). The van der Waals surface area contributed by atoms with Gasteiger partial charge in [0.15, 0.2) is 0 Å². The van der Waals surface area contributed by atoms with Gasteiger partial charge in [0.1, 0.15) is 10.4 Å². The summed E-state index contributed by atoms with van der Waals surface area (Å²) < 4.78 is 0.565. The molecule has 0 saturated heterocycles. The monoisotopic (exact) mass is 278 g/mol. The number of rotatable bonds is 7. The van der Waals surface area contributed by atoms with Crippen LogP contribution in [0.4, 0.5) is 0 Å². The van der Waals surface area contributed by atoms with Gasteiger partial charge < -0.3 is 15.7 Å². The van der Waals surface area contributed by atoms with Gasteiger partial charge in [-0.15, -0.1) is 0 Å². The van der Waals surface area contributed by atoms with Crippen molar-refractivity contribution in [1.82, 2.24) is 10.6 Å². The molecule has 0 saturated carbocycles. The predicted molar refractivity (Wildman–Crippen MR) is 73.2 cm³/mol. The van der Waals surface area contributed by atoms with Crippen molar-refractivity contribution in [3.63, 3.8) is 0 Å². The molecule has 0 bridgehead atoms. The second-order valence-corrected chi connectivity index (χ2v) is 5.17. The number of carbonyl (C=O) groups excluding carboxylic acids is 1. The maximum absolute atomic E-state index is 10.8. The highest BCUT2D eigenvalue weighted by atomic mass is 32.2. The first-order chi connectivity index (χ1) is 7.97. The fraction of sp³-hybridized carbons (Fsp3) is 0.700. The zero-order valence-corrected chi connectivity index (χ0v) is 11.6. The van der Waals surface area contributed by atoms with Gasteiger partial charge in [-0.1, -0.05) is 37.3 Å². The van der Waals surface area contributed by atoms with Gasteiger partial charge in [0.2, 0.25) is 5.91 Å². The summed E-state index contributed by atoms with van der Waals surface area (Å²) in [5.74, 6) is -1.18. The number of carbonyl (C=O) groups is 2. The number of thiocarbonyl (C=S) groups is 1. The molecule has 1 amide bonds. The lowest BCUT2D eigenvalue weighted by Crippen LogP contribution is -2.42. The minimum Gasteiger partial charge on any atom is -0.480 e. The molecule has 0 heterocycles. The maximum atomic E-state index is 10.8. The van der Waals surface area contributed by atoms with Gasteiger partial charge in [-0.3, -0.25) is 4.79 Å². The minimum atomic E-state index is -1.05. The number of aliphatic carboxylic acids is 1. The van der Waals surface area contributed by atoms with Gasteiger partial charge in [0.05, 0.1) is 0 Å². The molecule has 0 aliphatic carbocycles. The van der Waals surface area contributed by atoms with Crippen LogP contribution < -0.4 is 10.6 Å². The summed E-state index contributed by atoms with van der Waals surface area (Å²) in [6, 6.07) is -0.900. The lowest BCUT2D eigenvalue weighted by molar-refractivity contribution is -0.140. The van der Waals surface area contributed by atoms with E-state index in [1.165, 1.54) is 18.7 Å². The van der Waals surface area contributed by atoms with E-state index < -0.39 is 12.0 Å². The van der Waals surface area contributed by atoms with Crippen LogP contribution >= 0.6 is 24.0 Å². The number of carboxylic acid groups (broad SMARTS) is 1. The first-order valence-electron chi connectivity index (χ1n) is 5.38. The van der Waals surface area contributed by atoms with E-state index in [1.807, 2.05) is 0 Å². The summed E-state index contributed by atoms with van der Waals surface area (Å²) in [6.45, 7) is 4.16. The van der Waals surface area contributed by atoms with Crippen molar-refractivity contribution in [3.05, 3.63) is 0 Å². The quantitative estimate of drug-likeness (QED) is 0.476. The van der Waals surface area contributed by atoms with E-state index >= 15 is 0 Å². The minimum absolute atomic E-state index is 0.229. The van der Waals surface area contributed by atoms with Crippen molar-refractivity contribution < 1.29 is 14.7 Å². The topological polar surface area (TPSA) is 78.4 Å². The van der Waals surface area contributed by atoms with Crippen molar-refractivity contribution in [2.45, 2.75) is 32.7 Å². The van der Waals surface area contributed by atoms with Crippen molar-refractivity contribution in [3.8, 4) is 0 Å². The number of thioether (sulfide) groups is 1. The van der Waals surface area contributed by atoms with Crippen LogP contribution in [0.3, 0.4) is 0 Å². The second kappa shape index (κ2) is 9.23. The number of carboxylic acids is 1. The Balaban J connectivity index is 3.91. The van der Waals surface area contributed by atoms with Gasteiger partial charge >= 0.3 is 5.97 Å². The van der Waals surface area contributed by atoms with Crippen LogP contribution in [0, 0.1) is 0 Å². The van der Waals surface area contributed by atoms with E-state index in [9.17, 15) is 9.59 Å². The highest BCUT2D eigenvalue weighted by Crippen LogP contribution is 2.05. The van der Waals surface area contributed by atoms with Crippen molar-refractivity contribution in [2.24, 2.45) is 0 Å². The summed E-state index contributed by atoms with van der Waals surface area (Å²) in [7, 11) is 0. The van der Waals surface area contributed by atoms with Crippen LogP contribution in [0.25, 0.3) is 0 Å². The second-order valence-electron chi connectivity index (χ2n) is 3.47. The predicted octanol–water partition coefficient (Wildman–Crippen LogP) is 0.984. The smallest absolute Gasteiger partial charge is 0.327 e. The lowest BCUT2D eigenvalue weighted by Gasteiger charge is -2.13. The average Bonchev–Trinajstić information content (AvgIpc) is 2.23. The molecule has 0 fully saturated rings. The van der Waals surface area contributed by atoms with Gasteiger partial charge in [-0.05, 0) is 6.42 Å². The van der Waals surface area contributed by atoms with Gasteiger partial charge in [0.25, 0.3) is 0 Å². The molecule has 7 heteroatoms. The van der Waals surface area contributed by atoms with E-state index in [0.717, 1.165) is 19.4 Å². The van der Waals surface area contributed by atoms with E-state index in [2.05, 4.69) is 17.6 Å². The van der Waals surface area contributed by atoms with E-state index in [4.69, 9.17) is 17.3 Å². The summed E-state index contributed by atoms with van der Waals surface area (Å²) in [5.41, 5.74) is 0. The van der Waals surface area contributed by atoms with Gasteiger partial charge in [-0.25, -0.2) is 4.79 Å². The number of unbranched alkanes of at least 4 members (excludes halogenated alkanes) is 1. The molecule has 1 atom stereocenters. The molecular formula is C10H18N2O3S2. The Bertz CT molecular complexity index is 285. The molecule has 0 aromatic rings. The van der Waals surface area contributed by atoms with E-state index in [-0.39, 0.29) is 11.7 Å². The molecule has 0 spiro atoms. The number of hydrogen-bond donors (Lipinski definition) is 3. The Morgan fingerprint density at radius 3 is 2.59 bits per heavy atom. The summed E-state index contributed by atoms with van der Waals surface area (Å²) in [4.78, 5) is 21.6. The molecule has 98 valence electrons. The molecule has 3 N–H and O–H groups in total. The van der Waals surface area contributed by atoms with Gasteiger partial charge in [0, 0.05) is 19.2 Å². The third-order valence-electron chi connectivity index (χ3n) is 1.86. The Morgan fingerprint density at radius 2 is 2.12 bits per heavy atom. The largest absolute Gasteiger partial charge is 0.480 e. The zero-order chi connectivity index (χ0) is 13.3. The van der Waals surface area contributed by atoms with Crippen LogP contribution in [0.1, 0.15) is 26.7 Å². The Labute approximate surface area is 111 Å². The SMILES string of the molecule is CCCCNC(=S)SC[C@H](NC(C)=O)C(=O)O. The van der Waals surface area contributed by atoms with E-state index in [1.54, 1.807) is 0 Å². The summed E-state index contributed by atoms with van der Waals surface area (Å²) >= 11 is 6.26. The van der Waals surface area contributed by atoms with Gasteiger partial charge in [-0.2, -0.15) is 0 Å². The Morgan fingerprint density at radius 1 is 1.47 bits per heavy atom. The van der Waals surface area contributed by atoms with Crippen LogP contribution in [-0.4, -0.2) is 39.6 Å². The number of amides is 1. The fourth-order valence-electron chi connectivity index (χ4n) is 0.997. The van der Waals surface area contributed by atoms with Crippen LogP contribution in [0.15, 0.2) is 0 Å². The van der Waals surface area contributed by atoms with Crippen molar-refractivity contribution >= 4 is 40.2 Å². The Hall–Kier alpha value is -0.820. The summed E-state index contributed by atoms with van der Waals surface area (Å²) in [6.07, 6.45) is 2.10. The molecular weight excluding hydrogens is 260 g/mol. The third-order valence-corrected chi connectivity index (χ3v) is 3.26. The first kappa shape index (κ1) is 16.2. The lowest BCUT2D eigenvalue weighted by atomic mass is 10.3. The average molecular weight is 278 g/mol. The fourth-order valence-corrected chi connectivity index (χ4v) is 2.05. The molecule has 0 unspecified atom stereocenters. The van der Waals surface area contributed by atoms with Crippen LogP contribution in [0.2, 0.25) is 0 Å². The van der Waals surface area contributed by atoms with Crippen LogP contribution in [-0.2, 0) is 9.59 Å². The summed E-state index contributed by atoms with van der Waals surface area (Å²) in [5, 5.41) is 14.2. The molecule has 17 heavy (non-hydrogen) atoms. The maximum Gasteiger partial charge on any atom is 0.327 e. The number of nitrogens with one attached hydrogen (secondary N) is 2. The van der Waals surface area contributed by atoms with Crippen LogP contribution in [0.5, 0.6) is 0 Å². The molecule has 0 radical (unpaired) electrons. The zero-order valence-electron chi connectivity index (χ0n) is 9.99. The molecule has 0 aliphatic rings. The Kier molecular flexibility index (Phi) is 8.79. The molecule has 0 aromatic heterocycles. The molecule has 0 aliphatic heterocycles. The van der Waals surface area contributed by atoms with E-state index in [0.29, 0.717) is 4.32 Å². The standard InChI is InChI=1S/C10H18N2O3S2/c1-3-4-5-11-10(16)17-6-8(9(14)15)12-7(2)13/h8H,3-6H2,1-2H3,(H,11,16)(H,12,13)(H,14,15)/t8-/m0/s1. The highest BCUT2D eigenvalue weighted by molar-refractivity contribution is 8.23. The number of hydrogen-bond acceptors (Lipinski definition) is 4. The highest BCUT2D eigenvalue weighted by Gasteiger charge is 2.18. The van der Waals surface area contributed by atoms with Crippen molar-refractivity contribution in [1.29, 1.82) is 0 Å². The van der Waals surface area contributed by atoms with Crippen molar-refractivity contribution in [2.75, 3.05) is 12.3 Å². The molecule has 5 nitrogen and oxygen atoms in total. The third kappa shape index (κ3) is 8.93.